The van der Waals surface area contributed by atoms with Crippen molar-refractivity contribution in [3.8, 4) is 11.5 Å². The summed E-state index contributed by atoms with van der Waals surface area (Å²) in [5, 5.41) is 2.94. The Morgan fingerprint density at radius 3 is 2.39 bits per heavy atom. The Labute approximate surface area is 150 Å². The second-order valence-electron chi connectivity index (χ2n) is 5.06. The first-order chi connectivity index (χ1) is 11.1. The number of carbonyl (C=O) groups is 1. The van der Waals surface area contributed by atoms with Crippen LogP contribution in [0.1, 0.15) is 22.3 Å². The molecule has 2 rings (SSSR count). The van der Waals surface area contributed by atoms with Gasteiger partial charge in [0.1, 0.15) is 0 Å². The van der Waals surface area contributed by atoms with Crippen molar-refractivity contribution in [1.29, 1.82) is 0 Å². The van der Waals surface area contributed by atoms with Crippen LogP contribution in [0.15, 0.2) is 42.5 Å². The summed E-state index contributed by atoms with van der Waals surface area (Å²) in [6.45, 7) is 0.638. The van der Waals surface area contributed by atoms with E-state index in [2.05, 4.69) is 27.9 Å². The van der Waals surface area contributed by atoms with Crippen LogP contribution in [0.5, 0.6) is 11.5 Å². The molecule has 0 aromatic heterocycles. The van der Waals surface area contributed by atoms with Gasteiger partial charge < -0.3 is 14.8 Å². The minimum absolute atomic E-state index is 0.0336. The van der Waals surface area contributed by atoms with Gasteiger partial charge in [0, 0.05) is 15.7 Å². The average molecular weight is 425 g/mol. The number of hydrogen-bond donors (Lipinski definition) is 1. The zero-order valence-electron chi connectivity index (χ0n) is 13.3. The van der Waals surface area contributed by atoms with E-state index in [1.165, 1.54) is 0 Å². The molecule has 0 aliphatic heterocycles. The van der Waals surface area contributed by atoms with E-state index in [0.29, 0.717) is 12.1 Å². The Balaban J connectivity index is 1.81. The fourth-order valence-corrected chi connectivity index (χ4v) is 2.59. The second kappa shape index (κ2) is 8.76. The number of rotatable bonds is 7. The monoisotopic (exact) mass is 425 g/mol. The molecule has 0 saturated heterocycles. The minimum Gasteiger partial charge on any atom is -0.493 e. The van der Waals surface area contributed by atoms with Crippen molar-refractivity contribution in [2.75, 3.05) is 20.8 Å². The number of ether oxygens (including phenoxy) is 2. The standard InChI is InChI=1S/C18H20INO3/c1-22-16-10-5-13(12-17(16)23-2)4-3-11-20-18(21)14-6-8-15(19)9-7-14/h5-10,12H,3-4,11H2,1-2H3,(H,20,21). The number of aryl methyl sites for hydroxylation is 1. The first-order valence-corrected chi connectivity index (χ1v) is 8.46. The van der Waals surface area contributed by atoms with E-state index in [-0.39, 0.29) is 5.91 Å². The van der Waals surface area contributed by atoms with Crippen molar-refractivity contribution in [3.05, 3.63) is 57.2 Å². The summed E-state index contributed by atoms with van der Waals surface area (Å²) >= 11 is 2.22. The van der Waals surface area contributed by atoms with Gasteiger partial charge in [0.15, 0.2) is 11.5 Å². The molecule has 1 N–H and O–H groups in total. The smallest absolute Gasteiger partial charge is 0.251 e. The molecule has 122 valence electrons. The Morgan fingerprint density at radius 2 is 1.74 bits per heavy atom. The van der Waals surface area contributed by atoms with Gasteiger partial charge in [-0.15, -0.1) is 0 Å². The third-order valence-corrected chi connectivity index (χ3v) is 4.20. The normalized spacial score (nSPS) is 10.2. The van der Waals surface area contributed by atoms with E-state index in [0.717, 1.165) is 33.5 Å². The van der Waals surface area contributed by atoms with Gasteiger partial charge in [-0.1, -0.05) is 6.07 Å². The fraction of sp³-hybridized carbons (Fsp3) is 0.278. The number of amides is 1. The van der Waals surface area contributed by atoms with Crippen LogP contribution < -0.4 is 14.8 Å². The maximum absolute atomic E-state index is 12.0. The van der Waals surface area contributed by atoms with Crippen LogP contribution in [0, 0.1) is 3.57 Å². The first-order valence-electron chi connectivity index (χ1n) is 7.38. The molecular formula is C18H20INO3. The molecule has 0 unspecified atom stereocenters. The largest absolute Gasteiger partial charge is 0.493 e. The van der Waals surface area contributed by atoms with E-state index in [9.17, 15) is 4.79 Å². The number of benzene rings is 2. The third-order valence-electron chi connectivity index (χ3n) is 3.48. The predicted molar refractivity (Wildman–Crippen MR) is 99.4 cm³/mol. The number of halogens is 1. The van der Waals surface area contributed by atoms with Crippen LogP contribution in [0.2, 0.25) is 0 Å². The van der Waals surface area contributed by atoms with Crippen molar-refractivity contribution in [2.45, 2.75) is 12.8 Å². The Hall–Kier alpha value is -1.76. The van der Waals surface area contributed by atoms with Gasteiger partial charge in [0.2, 0.25) is 0 Å². The molecule has 4 nitrogen and oxygen atoms in total. The van der Waals surface area contributed by atoms with Crippen molar-refractivity contribution >= 4 is 28.5 Å². The molecule has 0 aliphatic rings. The highest BCUT2D eigenvalue weighted by atomic mass is 127. The van der Waals surface area contributed by atoms with Gasteiger partial charge in [-0.05, 0) is 77.4 Å². The molecule has 0 fully saturated rings. The van der Waals surface area contributed by atoms with Crippen LogP contribution in [0.25, 0.3) is 0 Å². The number of hydrogen-bond acceptors (Lipinski definition) is 3. The van der Waals surface area contributed by atoms with Crippen molar-refractivity contribution in [3.63, 3.8) is 0 Å². The van der Waals surface area contributed by atoms with Crippen LogP contribution in [0.4, 0.5) is 0 Å². The highest BCUT2D eigenvalue weighted by molar-refractivity contribution is 14.1. The highest BCUT2D eigenvalue weighted by Crippen LogP contribution is 2.27. The van der Waals surface area contributed by atoms with E-state index < -0.39 is 0 Å². The zero-order chi connectivity index (χ0) is 16.7. The van der Waals surface area contributed by atoms with Gasteiger partial charge in [0.25, 0.3) is 5.91 Å². The lowest BCUT2D eigenvalue weighted by atomic mass is 10.1. The molecule has 0 spiro atoms. The molecule has 2 aromatic carbocycles. The lowest BCUT2D eigenvalue weighted by molar-refractivity contribution is 0.0953. The van der Waals surface area contributed by atoms with Crippen LogP contribution in [-0.4, -0.2) is 26.7 Å². The molecule has 1 amide bonds. The molecule has 0 aliphatic carbocycles. The maximum Gasteiger partial charge on any atom is 0.251 e. The van der Waals surface area contributed by atoms with Crippen molar-refractivity contribution < 1.29 is 14.3 Å². The Morgan fingerprint density at radius 1 is 1.04 bits per heavy atom. The molecule has 0 heterocycles. The van der Waals surface area contributed by atoms with Crippen LogP contribution >= 0.6 is 22.6 Å². The van der Waals surface area contributed by atoms with E-state index in [4.69, 9.17) is 9.47 Å². The second-order valence-corrected chi connectivity index (χ2v) is 6.30. The van der Waals surface area contributed by atoms with Crippen molar-refractivity contribution in [2.24, 2.45) is 0 Å². The van der Waals surface area contributed by atoms with Gasteiger partial charge in [0.05, 0.1) is 14.2 Å². The third kappa shape index (κ3) is 5.13. The maximum atomic E-state index is 12.0. The summed E-state index contributed by atoms with van der Waals surface area (Å²) in [5.74, 6) is 1.42. The number of methoxy groups -OCH3 is 2. The van der Waals surface area contributed by atoms with Crippen LogP contribution in [0.3, 0.4) is 0 Å². The van der Waals surface area contributed by atoms with Gasteiger partial charge in [-0.2, -0.15) is 0 Å². The topological polar surface area (TPSA) is 47.6 Å². The summed E-state index contributed by atoms with van der Waals surface area (Å²) in [7, 11) is 3.25. The molecule has 2 aromatic rings. The summed E-state index contributed by atoms with van der Waals surface area (Å²) in [6, 6.07) is 13.4. The molecule has 23 heavy (non-hydrogen) atoms. The van der Waals surface area contributed by atoms with Gasteiger partial charge in [-0.25, -0.2) is 0 Å². The molecule has 0 atom stereocenters. The molecule has 0 saturated carbocycles. The summed E-state index contributed by atoms with van der Waals surface area (Å²) < 4.78 is 11.6. The zero-order valence-corrected chi connectivity index (χ0v) is 15.4. The number of nitrogens with one attached hydrogen (secondary N) is 1. The van der Waals surface area contributed by atoms with Gasteiger partial charge in [-0.3, -0.25) is 4.79 Å². The quantitative estimate of drug-likeness (QED) is 0.544. The molecule has 0 radical (unpaired) electrons. The summed E-state index contributed by atoms with van der Waals surface area (Å²) in [6.07, 6.45) is 1.74. The fourth-order valence-electron chi connectivity index (χ4n) is 2.23. The lowest BCUT2D eigenvalue weighted by Gasteiger charge is -2.10. The average Bonchev–Trinajstić information content (AvgIpc) is 2.58. The van der Waals surface area contributed by atoms with E-state index in [1.807, 2.05) is 42.5 Å². The Bertz CT molecular complexity index is 656. The SMILES string of the molecule is COc1ccc(CCCNC(=O)c2ccc(I)cc2)cc1OC. The molecular weight excluding hydrogens is 405 g/mol. The predicted octanol–water partition coefficient (Wildman–Crippen LogP) is 3.67. The van der Waals surface area contributed by atoms with E-state index >= 15 is 0 Å². The van der Waals surface area contributed by atoms with Crippen LogP contribution in [-0.2, 0) is 6.42 Å². The summed E-state index contributed by atoms with van der Waals surface area (Å²) in [4.78, 5) is 12.0. The molecule has 0 bridgehead atoms. The lowest BCUT2D eigenvalue weighted by Crippen LogP contribution is -2.24. The first kappa shape index (κ1) is 17.6. The van der Waals surface area contributed by atoms with Crippen molar-refractivity contribution in [1.82, 2.24) is 5.32 Å². The molecule has 5 heteroatoms. The van der Waals surface area contributed by atoms with Gasteiger partial charge >= 0.3 is 0 Å². The number of carbonyl (C=O) groups excluding carboxylic acids is 1. The van der Waals surface area contributed by atoms with E-state index in [1.54, 1.807) is 14.2 Å². The minimum atomic E-state index is -0.0336. The highest BCUT2D eigenvalue weighted by Gasteiger charge is 2.06. The Kier molecular flexibility index (Phi) is 6.70. The summed E-state index contributed by atoms with van der Waals surface area (Å²) in [5.41, 5.74) is 1.85.